The number of amides is 2. The molecule has 104 valence electrons. The zero-order chi connectivity index (χ0) is 13.7. The van der Waals surface area contributed by atoms with E-state index >= 15 is 0 Å². The van der Waals surface area contributed by atoms with Crippen LogP contribution in [0.25, 0.3) is 0 Å². The summed E-state index contributed by atoms with van der Waals surface area (Å²) in [5, 5.41) is 5.32. The van der Waals surface area contributed by atoms with Gasteiger partial charge in [-0.1, -0.05) is 13.8 Å². The van der Waals surface area contributed by atoms with E-state index in [0.717, 1.165) is 0 Å². The number of hydrogen-bond donors (Lipinski definition) is 3. The second kappa shape index (κ2) is 6.70. The quantitative estimate of drug-likeness (QED) is 0.603. The number of nitrogens with one attached hydrogen (secondary N) is 2. The SMILES string of the molecule is CNC(=O)C(CC(C)C)NC(=O)C1COCC1N. The van der Waals surface area contributed by atoms with Crippen molar-refractivity contribution in [3.05, 3.63) is 0 Å². The molecule has 1 saturated heterocycles. The molecule has 0 spiro atoms. The number of likely N-dealkylation sites (N-methyl/N-ethyl adjacent to an activating group) is 1. The molecular formula is C12H23N3O3. The van der Waals surface area contributed by atoms with Crippen molar-refractivity contribution < 1.29 is 14.3 Å². The highest BCUT2D eigenvalue weighted by Crippen LogP contribution is 2.13. The second-order valence-corrected chi connectivity index (χ2v) is 5.11. The molecule has 0 saturated carbocycles. The van der Waals surface area contributed by atoms with Crippen molar-refractivity contribution in [1.29, 1.82) is 0 Å². The molecular weight excluding hydrogens is 234 g/mol. The van der Waals surface area contributed by atoms with Gasteiger partial charge in [0.15, 0.2) is 0 Å². The highest BCUT2D eigenvalue weighted by molar-refractivity contribution is 5.88. The van der Waals surface area contributed by atoms with Crippen molar-refractivity contribution >= 4 is 11.8 Å². The van der Waals surface area contributed by atoms with Gasteiger partial charge in [-0.05, 0) is 12.3 Å². The van der Waals surface area contributed by atoms with Crippen LogP contribution in [0.3, 0.4) is 0 Å². The van der Waals surface area contributed by atoms with Gasteiger partial charge in [0.05, 0.1) is 19.1 Å². The van der Waals surface area contributed by atoms with Crippen LogP contribution in [0.1, 0.15) is 20.3 Å². The summed E-state index contributed by atoms with van der Waals surface area (Å²) in [6, 6.07) is -0.787. The van der Waals surface area contributed by atoms with E-state index in [0.29, 0.717) is 25.6 Å². The normalized spacial score (nSPS) is 24.9. The van der Waals surface area contributed by atoms with Gasteiger partial charge in [-0.15, -0.1) is 0 Å². The topological polar surface area (TPSA) is 93.5 Å². The lowest BCUT2D eigenvalue weighted by atomic mass is 10.00. The summed E-state index contributed by atoms with van der Waals surface area (Å²) in [7, 11) is 1.56. The van der Waals surface area contributed by atoms with Crippen LogP contribution < -0.4 is 16.4 Å². The van der Waals surface area contributed by atoms with E-state index < -0.39 is 6.04 Å². The molecule has 2 amide bonds. The standard InChI is InChI=1S/C12H23N3O3/c1-7(2)4-10(12(17)14-3)15-11(16)8-5-18-6-9(8)13/h7-10H,4-6,13H2,1-3H3,(H,14,17)(H,15,16). The first-order valence-electron chi connectivity index (χ1n) is 6.31. The minimum Gasteiger partial charge on any atom is -0.379 e. The number of nitrogens with two attached hydrogens (primary N) is 1. The maximum absolute atomic E-state index is 12.0. The summed E-state index contributed by atoms with van der Waals surface area (Å²) < 4.78 is 5.15. The first-order valence-corrected chi connectivity index (χ1v) is 6.31. The summed E-state index contributed by atoms with van der Waals surface area (Å²) in [4.78, 5) is 23.7. The Bertz CT molecular complexity index is 307. The molecule has 0 aliphatic carbocycles. The zero-order valence-corrected chi connectivity index (χ0v) is 11.2. The lowest BCUT2D eigenvalue weighted by Gasteiger charge is -2.21. The van der Waals surface area contributed by atoms with E-state index in [1.807, 2.05) is 13.8 Å². The molecule has 1 heterocycles. The van der Waals surface area contributed by atoms with E-state index in [2.05, 4.69) is 10.6 Å². The van der Waals surface area contributed by atoms with Crippen LogP contribution in [0.15, 0.2) is 0 Å². The molecule has 3 unspecified atom stereocenters. The average Bonchev–Trinajstić information content (AvgIpc) is 2.73. The van der Waals surface area contributed by atoms with Crippen LogP contribution in [0.5, 0.6) is 0 Å². The minimum absolute atomic E-state index is 0.176. The Morgan fingerprint density at radius 3 is 2.50 bits per heavy atom. The van der Waals surface area contributed by atoms with Crippen molar-refractivity contribution in [1.82, 2.24) is 10.6 Å². The minimum atomic E-state index is -0.504. The van der Waals surface area contributed by atoms with Crippen molar-refractivity contribution in [2.75, 3.05) is 20.3 Å². The predicted octanol–water partition coefficient (Wildman–Crippen LogP) is -0.763. The smallest absolute Gasteiger partial charge is 0.242 e. The molecule has 1 rings (SSSR count). The lowest BCUT2D eigenvalue weighted by molar-refractivity contribution is -0.131. The molecule has 0 bridgehead atoms. The number of hydrogen-bond acceptors (Lipinski definition) is 4. The summed E-state index contributed by atoms with van der Waals surface area (Å²) in [6.45, 7) is 4.74. The molecule has 6 heteroatoms. The molecule has 0 aromatic rings. The van der Waals surface area contributed by atoms with Gasteiger partial charge in [-0.25, -0.2) is 0 Å². The van der Waals surface area contributed by atoms with Gasteiger partial charge in [0.2, 0.25) is 11.8 Å². The Balaban J connectivity index is 2.59. The van der Waals surface area contributed by atoms with Gasteiger partial charge in [0, 0.05) is 13.1 Å². The van der Waals surface area contributed by atoms with Crippen LogP contribution in [0.4, 0.5) is 0 Å². The van der Waals surface area contributed by atoms with Gasteiger partial charge in [-0.2, -0.15) is 0 Å². The van der Waals surface area contributed by atoms with E-state index in [1.54, 1.807) is 7.05 Å². The third-order valence-electron chi connectivity index (χ3n) is 3.05. The first kappa shape index (κ1) is 14.9. The van der Waals surface area contributed by atoms with Crippen molar-refractivity contribution in [3.8, 4) is 0 Å². The number of ether oxygens (including phenoxy) is 1. The molecule has 1 aliphatic heterocycles. The summed E-state index contributed by atoms with van der Waals surface area (Å²) in [5.41, 5.74) is 5.78. The fourth-order valence-corrected chi connectivity index (χ4v) is 2.00. The Hall–Kier alpha value is -1.14. The molecule has 1 fully saturated rings. The van der Waals surface area contributed by atoms with E-state index in [4.69, 9.17) is 10.5 Å². The Morgan fingerprint density at radius 1 is 1.39 bits per heavy atom. The van der Waals surface area contributed by atoms with Crippen LogP contribution in [-0.4, -0.2) is 44.2 Å². The third-order valence-corrected chi connectivity index (χ3v) is 3.05. The van der Waals surface area contributed by atoms with E-state index in [1.165, 1.54) is 0 Å². The summed E-state index contributed by atoms with van der Waals surface area (Å²) >= 11 is 0. The van der Waals surface area contributed by atoms with Gasteiger partial charge in [0.25, 0.3) is 0 Å². The summed E-state index contributed by atoms with van der Waals surface area (Å²) in [6.07, 6.45) is 0.605. The lowest BCUT2D eigenvalue weighted by Crippen LogP contribution is -2.50. The monoisotopic (exact) mass is 257 g/mol. The Kier molecular flexibility index (Phi) is 5.55. The Labute approximate surface area is 108 Å². The predicted molar refractivity (Wildman–Crippen MR) is 67.7 cm³/mol. The zero-order valence-electron chi connectivity index (χ0n) is 11.2. The number of rotatable bonds is 5. The van der Waals surface area contributed by atoms with Crippen molar-refractivity contribution in [2.45, 2.75) is 32.4 Å². The van der Waals surface area contributed by atoms with Gasteiger partial charge in [-0.3, -0.25) is 9.59 Å². The largest absolute Gasteiger partial charge is 0.379 e. The molecule has 0 aromatic heterocycles. The van der Waals surface area contributed by atoms with Crippen LogP contribution in [0, 0.1) is 11.8 Å². The maximum Gasteiger partial charge on any atom is 0.242 e. The second-order valence-electron chi connectivity index (χ2n) is 5.11. The van der Waals surface area contributed by atoms with Crippen LogP contribution >= 0.6 is 0 Å². The molecule has 0 radical (unpaired) electrons. The van der Waals surface area contributed by atoms with E-state index in [9.17, 15) is 9.59 Å². The van der Waals surface area contributed by atoms with Crippen LogP contribution in [0.2, 0.25) is 0 Å². The molecule has 1 aliphatic rings. The maximum atomic E-state index is 12.0. The molecule has 0 aromatic carbocycles. The first-order chi connectivity index (χ1) is 8.45. The number of carbonyl (C=O) groups excluding carboxylic acids is 2. The van der Waals surface area contributed by atoms with Crippen molar-refractivity contribution in [2.24, 2.45) is 17.6 Å². The van der Waals surface area contributed by atoms with Gasteiger partial charge < -0.3 is 21.1 Å². The Morgan fingerprint density at radius 2 is 2.06 bits per heavy atom. The number of carbonyl (C=O) groups is 2. The van der Waals surface area contributed by atoms with Gasteiger partial charge >= 0.3 is 0 Å². The van der Waals surface area contributed by atoms with Crippen molar-refractivity contribution in [3.63, 3.8) is 0 Å². The highest BCUT2D eigenvalue weighted by atomic mass is 16.5. The molecule has 3 atom stereocenters. The highest BCUT2D eigenvalue weighted by Gasteiger charge is 2.33. The molecule has 6 nitrogen and oxygen atoms in total. The van der Waals surface area contributed by atoms with Gasteiger partial charge in [0.1, 0.15) is 6.04 Å². The summed E-state index contributed by atoms with van der Waals surface area (Å²) in [5.74, 6) is -0.413. The van der Waals surface area contributed by atoms with Crippen LogP contribution in [-0.2, 0) is 14.3 Å². The van der Waals surface area contributed by atoms with E-state index in [-0.39, 0.29) is 23.8 Å². The fourth-order valence-electron chi connectivity index (χ4n) is 2.00. The molecule has 18 heavy (non-hydrogen) atoms. The molecule has 4 N–H and O–H groups in total. The third kappa shape index (κ3) is 3.96. The fraction of sp³-hybridized carbons (Fsp3) is 0.833. The average molecular weight is 257 g/mol.